The summed E-state index contributed by atoms with van der Waals surface area (Å²) in [6.07, 6.45) is 1.97. The Morgan fingerprint density at radius 2 is 1.82 bits per heavy atom. The van der Waals surface area contributed by atoms with Crippen LogP contribution in [0.25, 0.3) is 10.2 Å². The highest BCUT2D eigenvalue weighted by Crippen LogP contribution is 2.35. The third-order valence-electron chi connectivity index (χ3n) is 5.15. The Kier molecular flexibility index (Phi) is 7.54. The zero-order valence-electron chi connectivity index (χ0n) is 18.8. The van der Waals surface area contributed by atoms with Crippen LogP contribution >= 0.6 is 11.3 Å². The van der Waals surface area contributed by atoms with Crippen LogP contribution in [0.4, 0.5) is 5.13 Å². The molecule has 0 spiro atoms. The number of pyridine rings is 1. The number of benzene rings is 2. The summed E-state index contributed by atoms with van der Waals surface area (Å²) in [5.74, 6) is 0.363. The van der Waals surface area contributed by atoms with Gasteiger partial charge in [-0.1, -0.05) is 41.7 Å². The number of thiazole rings is 1. The van der Waals surface area contributed by atoms with Crippen LogP contribution in [0.15, 0.2) is 77.8 Å². The summed E-state index contributed by atoms with van der Waals surface area (Å²) in [4.78, 5) is 24.2. The molecule has 0 unspecified atom stereocenters. The van der Waals surface area contributed by atoms with Crippen LogP contribution in [-0.2, 0) is 21.2 Å². The van der Waals surface area contributed by atoms with Gasteiger partial charge in [-0.25, -0.2) is 13.4 Å². The number of amides is 1. The molecular weight excluding hydrogens is 470 g/mol. The molecule has 4 rings (SSSR count). The van der Waals surface area contributed by atoms with E-state index in [1.807, 2.05) is 43.3 Å². The lowest BCUT2D eigenvalue weighted by Gasteiger charge is -2.19. The Hall–Kier alpha value is -3.30. The number of sulfone groups is 1. The molecule has 0 saturated carbocycles. The lowest BCUT2D eigenvalue weighted by atomic mass is 10.2. The fourth-order valence-corrected chi connectivity index (χ4v) is 5.84. The number of hydrogen-bond acceptors (Lipinski definition) is 7. The SMILES string of the molecule is CCOc1cccc2sc(N(Cc3ccccn3)C(=O)CCCS(=O)(=O)c3ccccc3)nc12. The van der Waals surface area contributed by atoms with Crippen LogP contribution in [-0.4, -0.2) is 36.7 Å². The number of carbonyl (C=O) groups excluding carboxylic acids is 1. The van der Waals surface area contributed by atoms with Crippen molar-refractivity contribution in [2.24, 2.45) is 0 Å². The second-order valence-electron chi connectivity index (χ2n) is 7.57. The molecule has 0 atom stereocenters. The normalized spacial score (nSPS) is 11.4. The summed E-state index contributed by atoms with van der Waals surface area (Å²) in [7, 11) is -3.45. The highest BCUT2D eigenvalue weighted by Gasteiger charge is 2.23. The summed E-state index contributed by atoms with van der Waals surface area (Å²) in [5.41, 5.74) is 1.42. The number of nitrogens with zero attached hydrogens (tertiary/aromatic N) is 3. The lowest BCUT2D eigenvalue weighted by molar-refractivity contribution is -0.118. The van der Waals surface area contributed by atoms with E-state index in [1.54, 1.807) is 41.4 Å². The number of ether oxygens (including phenoxy) is 1. The van der Waals surface area contributed by atoms with Crippen molar-refractivity contribution in [1.82, 2.24) is 9.97 Å². The first kappa shape index (κ1) is 23.8. The highest BCUT2D eigenvalue weighted by molar-refractivity contribution is 7.91. The molecule has 0 radical (unpaired) electrons. The first-order valence-electron chi connectivity index (χ1n) is 11.0. The molecule has 0 N–H and O–H groups in total. The molecule has 2 heterocycles. The van der Waals surface area contributed by atoms with E-state index in [0.717, 1.165) is 10.4 Å². The molecule has 176 valence electrons. The molecule has 0 bridgehead atoms. The number of para-hydroxylation sites is 1. The molecule has 0 saturated heterocycles. The second kappa shape index (κ2) is 10.8. The van der Waals surface area contributed by atoms with E-state index in [-0.39, 0.29) is 35.9 Å². The lowest BCUT2D eigenvalue weighted by Crippen LogP contribution is -2.30. The van der Waals surface area contributed by atoms with Gasteiger partial charge >= 0.3 is 0 Å². The Morgan fingerprint density at radius 1 is 1.03 bits per heavy atom. The molecule has 1 amide bonds. The van der Waals surface area contributed by atoms with Crippen LogP contribution in [0.5, 0.6) is 5.75 Å². The summed E-state index contributed by atoms with van der Waals surface area (Å²) in [6, 6.07) is 19.5. The molecule has 7 nitrogen and oxygen atoms in total. The standard InChI is InChI=1S/C25H25N3O4S2/c1-2-32-21-13-8-14-22-24(21)27-25(33-22)28(18-19-10-6-7-16-26-19)23(29)15-9-17-34(30,31)20-11-4-3-5-12-20/h3-8,10-14,16H,2,9,15,17-18H2,1H3. The molecule has 0 aliphatic carbocycles. The molecule has 0 aliphatic rings. The maximum absolute atomic E-state index is 13.3. The Morgan fingerprint density at radius 3 is 2.56 bits per heavy atom. The van der Waals surface area contributed by atoms with Crippen LogP contribution in [0.1, 0.15) is 25.5 Å². The molecular formula is C25H25N3O4S2. The number of fused-ring (bicyclic) bond motifs is 1. The quantitative estimate of drug-likeness (QED) is 0.312. The van der Waals surface area contributed by atoms with Crippen LogP contribution in [0.3, 0.4) is 0 Å². The Balaban J connectivity index is 1.56. The van der Waals surface area contributed by atoms with Gasteiger partial charge in [0.05, 0.1) is 34.2 Å². The summed E-state index contributed by atoms with van der Waals surface area (Å²) in [5, 5.41) is 0.531. The number of aromatic nitrogens is 2. The van der Waals surface area contributed by atoms with Crippen LogP contribution in [0.2, 0.25) is 0 Å². The van der Waals surface area contributed by atoms with Gasteiger partial charge in [-0.2, -0.15) is 0 Å². The average molecular weight is 496 g/mol. The van der Waals surface area contributed by atoms with Crippen molar-refractivity contribution in [2.75, 3.05) is 17.3 Å². The number of hydrogen-bond donors (Lipinski definition) is 0. The van der Waals surface area contributed by atoms with Crippen LogP contribution < -0.4 is 9.64 Å². The Labute approximate surface area is 203 Å². The van der Waals surface area contributed by atoms with Gasteiger partial charge in [0.1, 0.15) is 11.3 Å². The van der Waals surface area contributed by atoms with E-state index in [9.17, 15) is 13.2 Å². The van der Waals surface area contributed by atoms with Gasteiger partial charge in [-0.15, -0.1) is 0 Å². The van der Waals surface area contributed by atoms with Crippen molar-refractivity contribution in [3.63, 3.8) is 0 Å². The number of carbonyl (C=O) groups is 1. The minimum Gasteiger partial charge on any atom is -0.492 e. The maximum Gasteiger partial charge on any atom is 0.229 e. The van der Waals surface area contributed by atoms with E-state index in [0.29, 0.717) is 23.0 Å². The van der Waals surface area contributed by atoms with Gasteiger partial charge in [0.15, 0.2) is 15.0 Å². The van der Waals surface area contributed by atoms with E-state index in [2.05, 4.69) is 4.98 Å². The monoisotopic (exact) mass is 495 g/mol. The summed E-state index contributed by atoms with van der Waals surface area (Å²) < 4.78 is 31.8. The van der Waals surface area contributed by atoms with E-state index >= 15 is 0 Å². The average Bonchev–Trinajstić information content (AvgIpc) is 3.29. The molecule has 9 heteroatoms. The first-order valence-corrected chi connectivity index (χ1v) is 13.5. The van der Waals surface area contributed by atoms with Gasteiger partial charge in [0.2, 0.25) is 5.91 Å². The van der Waals surface area contributed by atoms with E-state index < -0.39 is 9.84 Å². The van der Waals surface area contributed by atoms with Crippen molar-refractivity contribution in [3.05, 3.63) is 78.6 Å². The third-order valence-corrected chi connectivity index (χ3v) is 8.01. The van der Waals surface area contributed by atoms with Crippen LogP contribution in [0, 0.1) is 0 Å². The third kappa shape index (κ3) is 5.60. The van der Waals surface area contributed by atoms with E-state index in [4.69, 9.17) is 9.72 Å². The Bertz CT molecular complexity index is 1360. The predicted octanol–water partition coefficient (Wildman–Crippen LogP) is 4.88. The molecule has 34 heavy (non-hydrogen) atoms. The summed E-state index contributed by atoms with van der Waals surface area (Å²) in [6.45, 7) is 2.67. The molecule has 2 aromatic carbocycles. The topological polar surface area (TPSA) is 89.5 Å². The van der Waals surface area contributed by atoms with Gasteiger partial charge in [0, 0.05) is 12.6 Å². The minimum atomic E-state index is -3.45. The van der Waals surface area contributed by atoms with Crippen molar-refractivity contribution < 1.29 is 17.9 Å². The predicted molar refractivity (Wildman–Crippen MR) is 134 cm³/mol. The molecule has 2 aromatic heterocycles. The molecule has 4 aromatic rings. The maximum atomic E-state index is 13.3. The minimum absolute atomic E-state index is 0.0765. The largest absolute Gasteiger partial charge is 0.492 e. The molecule has 0 fully saturated rings. The smallest absolute Gasteiger partial charge is 0.229 e. The van der Waals surface area contributed by atoms with Gasteiger partial charge < -0.3 is 4.74 Å². The zero-order chi connectivity index (χ0) is 24.0. The highest BCUT2D eigenvalue weighted by atomic mass is 32.2. The zero-order valence-corrected chi connectivity index (χ0v) is 20.4. The van der Waals surface area contributed by atoms with Gasteiger partial charge in [-0.05, 0) is 49.7 Å². The van der Waals surface area contributed by atoms with Crippen molar-refractivity contribution in [2.45, 2.75) is 31.2 Å². The first-order chi connectivity index (χ1) is 16.5. The van der Waals surface area contributed by atoms with Gasteiger partial charge in [-0.3, -0.25) is 14.7 Å². The number of rotatable bonds is 10. The fraction of sp³-hybridized carbons (Fsp3) is 0.240. The van der Waals surface area contributed by atoms with Crippen molar-refractivity contribution in [3.8, 4) is 5.75 Å². The van der Waals surface area contributed by atoms with Crippen molar-refractivity contribution >= 4 is 42.4 Å². The van der Waals surface area contributed by atoms with E-state index in [1.165, 1.54) is 11.3 Å². The molecule has 0 aliphatic heterocycles. The number of anilines is 1. The fourth-order valence-electron chi connectivity index (χ4n) is 3.51. The van der Waals surface area contributed by atoms with Crippen molar-refractivity contribution in [1.29, 1.82) is 0 Å². The van der Waals surface area contributed by atoms with Gasteiger partial charge in [0.25, 0.3) is 0 Å². The summed E-state index contributed by atoms with van der Waals surface area (Å²) >= 11 is 1.40. The second-order valence-corrected chi connectivity index (χ2v) is 10.7.